The number of aromatic nitrogens is 1. The van der Waals surface area contributed by atoms with Gasteiger partial charge in [-0.3, -0.25) is 4.79 Å². The first-order valence-electron chi connectivity index (χ1n) is 8.24. The first kappa shape index (κ1) is 16.2. The Labute approximate surface area is 150 Å². The highest BCUT2D eigenvalue weighted by molar-refractivity contribution is 7.98. The molecule has 0 bridgehead atoms. The molecule has 1 saturated heterocycles. The second-order valence-corrected chi connectivity index (χ2v) is 6.76. The van der Waals surface area contributed by atoms with Gasteiger partial charge < -0.3 is 14.1 Å². The Kier molecular flexibility index (Phi) is 4.72. The van der Waals surface area contributed by atoms with Crippen LogP contribution >= 0.6 is 11.8 Å². The van der Waals surface area contributed by atoms with Gasteiger partial charge in [-0.15, -0.1) is 0 Å². The molecule has 1 aliphatic heterocycles. The fourth-order valence-corrected chi connectivity index (χ4v) is 3.54. The number of ether oxygens (including phenoxy) is 1. The van der Waals surface area contributed by atoms with Gasteiger partial charge in [-0.05, 0) is 29.8 Å². The van der Waals surface area contributed by atoms with Crippen molar-refractivity contribution in [2.24, 2.45) is 0 Å². The molecule has 4 rings (SSSR count). The van der Waals surface area contributed by atoms with Crippen LogP contribution in [0.15, 0.2) is 58.2 Å². The molecule has 1 aromatic heterocycles. The van der Waals surface area contributed by atoms with Gasteiger partial charge in [0, 0.05) is 24.4 Å². The first-order valence-corrected chi connectivity index (χ1v) is 9.22. The highest BCUT2D eigenvalue weighted by atomic mass is 32.2. The molecule has 1 amide bonds. The number of oxazole rings is 1. The average Bonchev–Trinajstić information content (AvgIpc) is 3.10. The summed E-state index contributed by atoms with van der Waals surface area (Å²) in [6.45, 7) is 2.55. The lowest BCUT2D eigenvalue weighted by atomic mass is 10.1. The summed E-state index contributed by atoms with van der Waals surface area (Å²) in [5.41, 5.74) is 3.52. The fraction of sp³-hybridized carbons (Fsp3) is 0.263. The van der Waals surface area contributed by atoms with E-state index in [1.807, 2.05) is 53.4 Å². The number of thioether (sulfide) groups is 1. The molecular weight excluding hydrogens is 336 g/mol. The SMILES string of the molecule is O=C(c1ccc(CSc2nc3ccccc3o2)cc1)N1CCOCC1. The van der Waals surface area contributed by atoms with Gasteiger partial charge in [0.1, 0.15) is 5.52 Å². The Hall–Kier alpha value is -2.31. The van der Waals surface area contributed by atoms with Crippen LogP contribution in [0, 0.1) is 0 Å². The van der Waals surface area contributed by atoms with Gasteiger partial charge in [0.15, 0.2) is 5.58 Å². The molecule has 0 atom stereocenters. The summed E-state index contributed by atoms with van der Waals surface area (Å²) in [5.74, 6) is 0.820. The Bertz CT molecular complexity index is 837. The fourth-order valence-electron chi connectivity index (χ4n) is 2.75. The van der Waals surface area contributed by atoms with E-state index in [0.29, 0.717) is 31.5 Å². The van der Waals surface area contributed by atoms with E-state index < -0.39 is 0 Å². The third kappa shape index (κ3) is 3.70. The predicted molar refractivity (Wildman–Crippen MR) is 96.7 cm³/mol. The zero-order chi connectivity index (χ0) is 17.1. The normalized spacial score (nSPS) is 14.8. The quantitative estimate of drug-likeness (QED) is 0.670. The topological polar surface area (TPSA) is 55.6 Å². The maximum atomic E-state index is 12.4. The number of rotatable bonds is 4. The van der Waals surface area contributed by atoms with Crippen molar-refractivity contribution in [3.8, 4) is 0 Å². The molecule has 0 radical (unpaired) electrons. The number of carbonyl (C=O) groups is 1. The van der Waals surface area contributed by atoms with E-state index >= 15 is 0 Å². The number of amides is 1. The Morgan fingerprint density at radius 2 is 1.84 bits per heavy atom. The van der Waals surface area contributed by atoms with Gasteiger partial charge in [0.05, 0.1) is 13.2 Å². The Balaban J connectivity index is 1.39. The molecule has 3 aromatic rings. The van der Waals surface area contributed by atoms with Crippen molar-refractivity contribution in [1.82, 2.24) is 9.88 Å². The van der Waals surface area contributed by atoms with Crippen molar-refractivity contribution >= 4 is 28.8 Å². The predicted octanol–water partition coefficient (Wildman–Crippen LogP) is 3.59. The van der Waals surface area contributed by atoms with E-state index in [9.17, 15) is 4.79 Å². The molecular formula is C19H18N2O3S. The van der Waals surface area contributed by atoms with Gasteiger partial charge in [0.2, 0.25) is 0 Å². The van der Waals surface area contributed by atoms with Crippen LogP contribution in [0.1, 0.15) is 15.9 Å². The number of nitrogens with zero attached hydrogens (tertiary/aromatic N) is 2. The number of morpholine rings is 1. The van der Waals surface area contributed by atoms with Crippen molar-refractivity contribution in [1.29, 1.82) is 0 Å². The van der Waals surface area contributed by atoms with E-state index in [1.165, 1.54) is 0 Å². The van der Waals surface area contributed by atoms with Crippen molar-refractivity contribution in [3.63, 3.8) is 0 Å². The number of benzene rings is 2. The van der Waals surface area contributed by atoms with Crippen LogP contribution < -0.4 is 0 Å². The number of hydrogen-bond donors (Lipinski definition) is 0. The summed E-state index contributed by atoms with van der Waals surface area (Å²) in [4.78, 5) is 18.7. The van der Waals surface area contributed by atoms with E-state index in [2.05, 4.69) is 4.98 Å². The van der Waals surface area contributed by atoms with Crippen LogP contribution in [0.4, 0.5) is 0 Å². The number of carbonyl (C=O) groups excluding carboxylic acids is 1. The van der Waals surface area contributed by atoms with Crippen molar-refractivity contribution in [2.75, 3.05) is 26.3 Å². The third-order valence-corrected chi connectivity index (χ3v) is 5.03. The van der Waals surface area contributed by atoms with Crippen molar-refractivity contribution in [3.05, 3.63) is 59.7 Å². The highest BCUT2D eigenvalue weighted by Crippen LogP contribution is 2.26. The molecule has 0 N–H and O–H groups in total. The van der Waals surface area contributed by atoms with Gasteiger partial charge in [0.25, 0.3) is 11.1 Å². The minimum Gasteiger partial charge on any atom is -0.431 e. The maximum Gasteiger partial charge on any atom is 0.257 e. The summed E-state index contributed by atoms with van der Waals surface area (Å²) in [6, 6.07) is 15.5. The molecule has 2 aromatic carbocycles. The number of fused-ring (bicyclic) bond motifs is 1. The van der Waals surface area contributed by atoms with Crippen LogP contribution in [0.2, 0.25) is 0 Å². The summed E-state index contributed by atoms with van der Waals surface area (Å²) in [5, 5.41) is 0.662. The van der Waals surface area contributed by atoms with E-state index in [1.54, 1.807) is 11.8 Å². The monoisotopic (exact) mass is 354 g/mol. The van der Waals surface area contributed by atoms with E-state index in [4.69, 9.17) is 9.15 Å². The molecule has 128 valence electrons. The zero-order valence-electron chi connectivity index (χ0n) is 13.7. The van der Waals surface area contributed by atoms with Crippen LogP contribution in [0.25, 0.3) is 11.1 Å². The summed E-state index contributed by atoms with van der Waals surface area (Å²) in [7, 11) is 0. The largest absolute Gasteiger partial charge is 0.431 e. The lowest BCUT2D eigenvalue weighted by Crippen LogP contribution is -2.40. The molecule has 6 heteroatoms. The second-order valence-electron chi connectivity index (χ2n) is 5.84. The van der Waals surface area contributed by atoms with Crippen molar-refractivity contribution < 1.29 is 13.9 Å². The summed E-state index contributed by atoms with van der Waals surface area (Å²) < 4.78 is 11.0. The molecule has 0 unspecified atom stereocenters. The van der Waals surface area contributed by atoms with Crippen LogP contribution in [-0.4, -0.2) is 42.1 Å². The third-order valence-electron chi connectivity index (χ3n) is 4.14. The molecule has 1 fully saturated rings. The Morgan fingerprint density at radius 3 is 2.60 bits per heavy atom. The molecule has 0 saturated carbocycles. The minimum atomic E-state index is 0.0708. The standard InChI is InChI=1S/C19H18N2O3S/c22-18(21-9-11-23-12-10-21)15-7-5-14(6-8-15)13-25-19-20-16-3-1-2-4-17(16)24-19/h1-8H,9-13H2. The first-order chi connectivity index (χ1) is 12.3. The highest BCUT2D eigenvalue weighted by Gasteiger charge is 2.18. The molecule has 0 aliphatic carbocycles. The molecule has 1 aliphatic rings. The van der Waals surface area contributed by atoms with Crippen molar-refractivity contribution in [2.45, 2.75) is 11.0 Å². The lowest BCUT2D eigenvalue weighted by Gasteiger charge is -2.26. The van der Waals surface area contributed by atoms with Gasteiger partial charge >= 0.3 is 0 Å². The van der Waals surface area contributed by atoms with Crippen LogP contribution in [-0.2, 0) is 10.5 Å². The molecule has 25 heavy (non-hydrogen) atoms. The number of hydrogen-bond acceptors (Lipinski definition) is 5. The van der Waals surface area contributed by atoms with Gasteiger partial charge in [-0.1, -0.05) is 36.0 Å². The average molecular weight is 354 g/mol. The van der Waals surface area contributed by atoms with Gasteiger partial charge in [-0.25, -0.2) is 4.98 Å². The zero-order valence-corrected chi connectivity index (χ0v) is 14.5. The molecule has 2 heterocycles. The molecule has 0 spiro atoms. The maximum absolute atomic E-state index is 12.4. The van der Waals surface area contributed by atoms with E-state index in [-0.39, 0.29) is 5.91 Å². The Morgan fingerprint density at radius 1 is 1.08 bits per heavy atom. The van der Waals surface area contributed by atoms with E-state index in [0.717, 1.165) is 28.0 Å². The summed E-state index contributed by atoms with van der Waals surface area (Å²) >= 11 is 1.55. The van der Waals surface area contributed by atoms with Crippen LogP contribution in [0.5, 0.6) is 0 Å². The minimum absolute atomic E-state index is 0.0708. The lowest BCUT2D eigenvalue weighted by molar-refractivity contribution is 0.0303. The van der Waals surface area contributed by atoms with Crippen LogP contribution in [0.3, 0.4) is 0 Å². The number of para-hydroxylation sites is 2. The van der Waals surface area contributed by atoms with Gasteiger partial charge in [-0.2, -0.15) is 0 Å². The summed E-state index contributed by atoms with van der Waals surface area (Å²) in [6.07, 6.45) is 0. The second kappa shape index (κ2) is 7.29. The smallest absolute Gasteiger partial charge is 0.257 e. The molecule has 5 nitrogen and oxygen atoms in total.